The third kappa shape index (κ3) is 3.39. The third-order valence-corrected chi connectivity index (χ3v) is 6.41. The first kappa shape index (κ1) is 19.2. The SMILES string of the molecule is CC1=NCC(C(=O)N2CCCC[C@H]2c2cc3nc(N4CC[C@H](N)C4)c(C)cn3n2)=C1. The highest BCUT2D eigenvalue weighted by Crippen LogP contribution is 2.33. The quantitative estimate of drug-likeness (QED) is 0.840. The maximum Gasteiger partial charge on any atom is 0.252 e. The molecule has 2 fully saturated rings. The Hall–Kier alpha value is -2.74. The Morgan fingerprint density at radius 1 is 1.20 bits per heavy atom. The minimum absolute atomic E-state index is 0.0151. The second-order valence-corrected chi connectivity index (χ2v) is 8.75. The van der Waals surface area contributed by atoms with Crippen LogP contribution in [0.2, 0.25) is 0 Å². The molecule has 0 bridgehead atoms. The van der Waals surface area contributed by atoms with Gasteiger partial charge in [-0.15, -0.1) is 0 Å². The summed E-state index contributed by atoms with van der Waals surface area (Å²) < 4.78 is 1.85. The molecule has 0 aliphatic carbocycles. The molecule has 1 amide bonds. The number of aryl methyl sites for hydroxylation is 1. The third-order valence-electron chi connectivity index (χ3n) is 6.41. The van der Waals surface area contributed by atoms with Crippen LogP contribution in [0.5, 0.6) is 0 Å². The van der Waals surface area contributed by atoms with Gasteiger partial charge in [0.1, 0.15) is 5.82 Å². The van der Waals surface area contributed by atoms with Gasteiger partial charge in [0, 0.05) is 54.8 Å². The van der Waals surface area contributed by atoms with E-state index in [2.05, 4.69) is 16.8 Å². The number of amides is 1. The van der Waals surface area contributed by atoms with E-state index in [4.69, 9.17) is 15.8 Å². The van der Waals surface area contributed by atoms with Gasteiger partial charge in [-0.2, -0.15) is 5.10 Å². The number of nitrogens with two attached hydrogens (primary N) is 1. The van der Waals surface area contributed by atoms with Crippen molar-refractivity contribution in [2.24, 2.45) is 10.7 Å². The molecule has 3 aliphatic heterocycles. The highest BCUT2D eigenvalue weighted by atomic mass is 16.2. The number of fused-ring (bicyclic) bond motifs is 1. The van der Waals surface area contributed by atoms with Gasteiger partial charge in [-0.3, -0.25) is 9.79 Å². The number of likely N-dealkylation sites (tertiary alicyclic amines) is 1. The minimum Gasteiger partial charge on any atom is -0.355 e. The van der Waals surface area contributed by atoms with Crippen molar-refractivity contribution in [3.8, 4) is 0 Å². The van der Waals surface area contributed by atoms with Gasteiger partial charge in [0.15, 0.2) is 5.65 Å². The van der Waals surface area contributed by atoms with Gasteiger partial charge in [-0.1, -0.05) is 0 Å². The number of allylic oxidation sites excluding steroid dienone is 1. The summed E-state index contributed by atoms with van der Waals surface area (Å²) in [6.45, 7) is 7.03. The number of anilines is 1. The second kappa shape index (κ2) is 7.50. The molecule has 2 N–H and O–H groups in total. The highest BCUT2D eigenvalue weighted by molar-refractivity contribution is 6.06. The van der Waals surface area contributed by atoms with Crippen LogP contribution in [0.1, 0.15) is 49.9 Å². The lowest BCUT2D eigenvalue weighted by molar-refractivity contribution is -0.131. The zero-order valence-electron chi connectivity index (χ0n) is 17.7. The Kier molecular flexibility index (Phi) is 4.81. The molecule has 8 nitrogen and oxygen atoms in total. The summed E-state index contributed by atoms with van der Waals surface area (Å²) in [4.78, 5) is 26.7. The average molecular weight is 408 g/mol. The fraction of sp³-hybridized carbons (Fsp3) is 0.545. The Morgan fingerprint density at radius 2 is 2.07 bits per heavy atom. The molecule has 158 valence electrons. The van der Waals surface area contributed by atoms with E-state index in [1.165, 1.54) is 0 Å². The fourth-order valence-electron chi connectivity index (χ4n) is 4.83. The number of nitrogens with zero attached hydrogens (tertiary/aromatic N) is 6. The molecule has 0 radical (unpaired) electrons. The minimum atomic E-state index is -0.0151. The van der Waals surface area contributed by atoms with Crippen molar-refractivity contribution in [1.82, 2.24) is 19.5 Å². The number of piperidine rings is 1. The summed E-state index contributed by atoms with van der Waals surface area (Å²) in [5.74, 6) is 1.08. The van der Waals surface area contributed by atoms with Crippen LogP contribution < -0.4 is 10.6 Å². The number of aromatic nitrogens is 3. The fourth-order valence-corrected chi connectivity index (χ4v) is 4.83. The van der Waals surface area contributed by atoms with E-state index in [1.807, 2.05) is 34.7 Å². The molecule has 5 heterocycles. The van der Waals surface area contributed by atoms with Gasteiger partial charge in [0.05, 0.1) is 18.3 Å². The number of carbonyl (C=O) groups is 1. The van der Waals surface area contributed by atoms with Crippen LogP contribution >= 0.6 is 0 Å². The Bertz CT molecular complexity index is 1050. The van der Waals surface area contributed by atoms with Crippen molar-refractivity contribution in [3.63, 3.8) is 0 Å². The molecule has 0 spiro atoms. The maximum atomic E-state index is 13.2. The van der Waals surface area contributed by atoms with E-state index in [0.717, 1.165) is 79.3 Å². The predicted molar refractivity (Wildman–Crippen MR) is 117 cm³/mol. The lowest BCUT2D eigenvalue weighted by Crippen LogP contribution is -2.39. The normalized spacial score (nSPS) is 24.5. The van der Waals surface area contributed by atoms with E-state index < -0.39 is 0 Å². The van der Waals surface area contributed by atoms with Gasteiger partial charge in [-0.05, 0) is 45.6 Å². The summed E-state index contributed by atoms with van der Waals surface area (Å²) in [6, 6.07) is 2.24. The molecule has 2 aromatic heterocycles. The van der Waals surface area contributed by atoms with Crippen molar-refractivity contribution in [2.45, 2.75) is 51.6 Å². The summed E-state index contributed by atoms with van der Waals surface area (Å²) in [5, 5.41) is 4.82. The summed E-state index contributed by atoms with van der Waals surface area (Å²) in [6.07, 6.45) is 8.00. The van der Waals surface area contributed by atoms with Crippen molar-refractivity contribution in [2.75, 3.05) is 31.1 Å². The Morgan fingerprint density at radius 3 is 2.80 bits per heavy atom. The van der Waals surface area contributed by atoms with E-state index in [1.54, 1.807) is 0 Å². The lowest BCUT2D eigenvalue weighted by Gasteiger charge is -2.35. The monoisotopic (exact) mass is 407 g/mol. The van der Waals surface area contributed by atoms with Crippen molar-refractivity contribution < 1.29 is 4.79 Å². The predicted octanol–water partition coefficient (Wildman–Crippen LogP) is 2.03. The summed E-state index contributed by atoms with van der Waals surface area (Å²) in [5.41, 5.74) is 10.6. The smallest absolute Gasteiger partial charge is 0.252 e. The van der Waals surface area contributed by atoms with Crippen LogP contribution in [-0.2, 0) is 4.79 Å². The summed E-state index contributed by atoms with van der Waals surface area (Å²) in [7, 11) is 0. The molecule has 2 aromatic rings. The molecule has 3 aliphatic rings. The zero-order chi connectivity index (χ0) is 20.8. The molecule has 0 aromatic carbocycles. The van der Waals surface area contributed by atoms with Crippen molar-refractivity contribution in [1.29, 1.82) is 0 Å². The van der Waals surface area contributed by atoms with Crippen LogP contribution in [0.25, 0.3) is 5.65 Å². The largest absolute Gasteiger partial charge is 0.355 e. The summed E-state index contributed by atoms with van der Waals surface area (Å²) >= 11 is 0. The number of hydrogen-bond acceptors (Lipinski definition) is 6. The molecule has 2 atom stereocenters. The van der Waals surface area contributed by atoms with Crippen LogP contribution in [0.4, 0.5) is 5.82 Å². The number of hydrogen-bond donors (Lipinski definition) is 1. The first-order valence-corrected chi connectivity index (χ1v) is 10.9. The van der Waals surface area contributed by atoms with E-state index >= 15 is 0 Å². The Labute approximate surface area is 176 Å². The second-order valence-electron chi connectivity index (χ2n) is 8.75. The number of carbonyl (C=O) groups excluding carboxylic acids is 1. The molecular formula is C22H29N7O. The number of rotatable bonds is 3. The molecule has 30 heavy (non-hydrogen) atoms. The van der Waals surface area contributed by atoms with Crippen molar-refractivity contribution in [3.05, 3.63) is 35.2 Å². The first-order valence-electron chi connectivity index (χ1n) is 10.9. The molecular weight excluding hydrogens is 378 g/mol. The van der Waals surface area contributed by atoms with Gasteiger partial charge < -0.3 is 15.5 Å². The van der Waals surface area contributed by atoms with Gasteiger partial charge >= 0.3 is 0 Å². The lowest BCUT2D eigenvalue weighted by atomic mass is 9.98. The number of aliphatic imine (C=N–C) groups is 1. The van der Waals surface area contributed by atoms with E-state index in [0.29, 0.717) is 6.54 Å². The first-order chi connectivity index (χ1) is 14.5. The van der Waals surface area contributed by atoms with Crippen LogP contribution in [-0.4, -0.2) is 63.3 Å². The van der Waals surface area contributed by atoms with Gasteiger partial charge in [0.2, 0.25) is 0 Å². The van der Waals surface area contributed by atoms with Crippen molar-refractivity contribution >= 4 is 23.1 Å². The van der Waals surface area contributed by atoms with E-state index in [-0.39, 0.29) is 18.0 Å². The molecule has 5 rings (SSSR count). The molecule has 0 unspecified atom stereocenters. The van der Waals surface area contributed by atoms with Crippen LogP contribution in [0.15, 0.2) is 28.9 Å². The Balaban J connectivity index is 1.45. The topological polar surface area (TPSA) is 92.1 Å². The van der Waals surface area contributed by atoms with Gasteiger partial charge in [-0.25, -0.2) is 9.50 Å². The van der Waals surface area contributed by atoms with Gasteiger partial charge in [0.25, 0.3) is 5.91 Å². The highest BCUT2D eigenvalue weighted by Gasteiger charge is 2.32. The maximum absolute atomic E-state index is 13.2. The molecule has 2 saturated heterocycles. The van der Waals surface area contributed by atoms with Crippen LogP contribution in [0, 0.1) is 6.92 Å². The average Bonchev–Trinajstić information content (AvgIpc) is 3.46. The van der Waals surface area contributed by atoms with E-state index in [9.17, 15) is 4.79 Å². The van der Waals surface area contributed by atoms with Crippen LogP contribution in [0.3, 0.4) is 0 Å². The zero-order valence-corrected chi connectivity index (χ0v) is 17.7. The molecule has 0 saturated carbocycles. The molecule has 8 heteroatoms. The standard InChI is InChI=1S/C22H29N7O/c1-14-12-29-20(25-21(14)27-8-6-17(23)13-27)10-18(26-29)19-5-3-4-7-28(19)22(30)16-9-15(2)24-11-16/h9-10,12,17,19H,3-8,11,13,23H2,1-2H3/t17-,19-/m0/s1.